The topological polar surface area (TPSA) is 39.1 Å². The third kappa shape index (κ3) is 2.87. The number of nitrogens with one attached hydrogen (secondary N) is 1. The fourth-order valence-corrected chi connectivity index (χ4v) is 1.67. The third-order valence-corrected chi connectivity index (χ3v) is 2.78. The van der Waals surface area contributed by atoms with Crippen molar-refractivity contribution < 1.29 is 9.13 Å². The lowest BCUT2D eigenvalue weighted by Gasteiger charge is -2.07. The van der Waals surface area contributed by atoms with Crippen LogP contribution in [0, 0.1) is 5.82 Å². The van der Waals surface area contributed by atoms with Crippen LogP contribution in [0.3, 0.4) is 0 Å². The van der Waals surface area contributed by atoms with Crippen molar-refractivity contribution in [1.82, 2.24) is 14.9 Å². The van der Waals surface area contributed by atoms with E-state index < -0.39 is 0 Å². The Morgan fingerprint density at radius 3 is 2.83 bits per heavy atom. The molecule has 0 bridgehead atoms. The molecule has 0 saturated carbocycles. The highest BCUT2D eigenvalue weighted by Crippen LogP contribution is 2.16. The van der Waals surface area contributed by atoms with E-state index in [1.54, 1.807) is 18.3 Å². The highest BCUT2D eigenvalue weighted by Gasteiger charge is 2.04. The largest absolute Gasteiger partial charge is 0.497 e. The summed E-state index contributed by atoms with van der Waals surface area (Å²) >= 11 is 0. The van der Waals surface area contributed by atoms with Crippen LogP contribution >= 0.6 is 0 Å². The van der Waals surface area contributed by atoms with Crippen LogP contribution in [0.2, 0.25) is 0 Å². The van der Waals surface area contributed by atoms with Gasteiger partial charge < -0.3 is 14.6 Å². The Morgan fingerprint density at radius 2 is 2.22 bits per heavy atom. The quantitative estimate of drug-likeness (QED) is 0.879. The van der Waals surface area contributed by atoms with Gasteiger partial charge in [-0.05, 0) is 6.07 Å². The molecule has 2 rings (SSSR count). The zero-order chi connectivity index (χ0) is 13.0. The van der Waals surface area contributed by atoms with Crippen molar-refractivity contribution in [3.8, 4) is 5.75 Å². The number of imidazole rings is 1. The van der Waals surface area contributed by atoms with Gasteiger partial charge in [0.2, 0.25) is 0 Å². The van der Waals surface area contributed by atoms with E-state index in [0.717, 1.165) is 5.82 Å². The summed E-state index contributed by atoms with van der Waals surface area (Å²) in [4.78, 5) is 4.18. The Kier molecular flexibility index (Phi) is 3.94. The minimum absolute atomic E-state index is 0.262. The van der Waals surface area contributed by atoms with E-state index in [9.17, 15) is 4.39 Å². The predicted octanol–water partition coefficient (Wildman–Crippen LogP) is 1.86. The Balaban J connectivity index is 1.92. The number of hydrogen-bond donors (Lipinski definition) is 1. The molecule has 0 atom stereocenters. The van der Waals surface area contributed by atoms with Gasteiger partial charge >= 0.3 is 0 Å². The third-order valence-electron chi connectivity index (χ3n) is 2.78. The molecule has 0 spiro atoms. The summed E-state index contributed by atoms with van der Waals surface area (Å²) in [5, 5.41) is 3.16. The van der Waals surface area contributed by atoms with E-state index in [1.165, 1.54) is 13.2 Å². The number of halogens is 1. The Bertz CT molecular complexity index is 525. The molecule has 1 aromatic heterocycles. The molecule has 5 heteroatoms. The van der Waals surface area contributed by atoms with E-state index >= 15 is 0 Å². The first-order valence-corrected chi connectivity index (χ1v) is 5.70. The summed E-state index contributed by atoms with van der Waals surface area (Å²) in [5.41, 5.74) is 0.616. The number of rotatable bonds is 5. The number of nitrogens with zero attached hydrogens (tertiary/aromatic N) is 2. The second-order valence-electron chi connectivity index (χ2n) is 4.02. The van der Waals surface area contributed by atoms with Gasteiger partial charge in [0.15, 0.2) is 0 Å². The number of ether oxygens (including phenoxy) is 1. The van der Waals surface area contributed by atoms with Crippen LogP contribution in [0.4, 0.5) is 4.39 Å². The molecule has 0 aliphatic rings. The molecule has 1 heterocycles. The van der Waals surface area contributed by atoms with Crippen molar-refractivity contribution in [3.05, 3.63) is 47.8 Å². The van der Waals surface area contributed by atoms with Gasteiger partial charge in [0.25, 0.3) is 0 Å². The van der Waals surface area contributed by atoms with E-state index in [2.05, 4.69) is 10.3 Å². The van der Waals surface area contributed by atoms with Gasteiger partial charge in [0, 0.05) is 37.6 Å². The van der Waals surface area contributed by atoms with E-state index in [0.29, 0.717) is 24.4 Å². The van der Waals surface area contributed by atoms with Gasteiger partial charge in [-0.3, -0.25) is 0 Å². The SMILES string of the molecule is COc1ccc(CNCc2nccn2C)c(F)c1. The number of methoxy groups -OCH3 is 1. The first kappa shape index (κ1) is 12.6. The summed E-state index contributed by atoms with van der Waals surface area (Å²) in [5.74, 6) is 1.19. The van der Waals surface area contributed by atoms with Gasteiger partial charge in [-0.25, -0.2) is 9.37 Å². The van der Waals surface area contributed by atoms with Crippen LogP contribution in [0.15, 0.2) is 30.6 Å². The lowest BCUT2D eigenvalue weighted by molar-refractivity contribution is 0.410. The standard InChI is InChI=1S/C13H16FN3O/c1-17-6-5-16-13(17)9-15-8-10-3-4-11(18-2)7-12(10)14/h3-7,15H,8-9H2,1-2H3. The van der Waals surface area contributed by atoms with Crippen molar-refractivity contribution in [1.29, 1.82) is 0 Å². The van der Waals surface area contributed by atoms with Crippen molar-refractivity contribution in [2.45, 2.75) is 13.1 Å². The first-order chi connectivity index (χ1) is 8.70. The molecule has 0 aliphatic carbocycles. The molecule has 0 fully saturated rings. The minimum Gasteiger partial charge on any atom is -0.497 e. The Morgan fingerprint density at radius 1 is 1.39 bits per heavy atom. The van der Waals surface area contributed by atoms with E-state index in [-0.39, 0.29) is 5.82 Å². The molecule has 0 amide bonds. The Labute approximate surface area is 105 Å². The van der Waals surface area contributed by atoms with Crippen molar-refractivity contribution in [2.75, 3.05) is 7.11 Å². The van der Waals surface area contributed by atoms with E-state index in [1.807, 2.05) is 17.8 Å². The molecule has 0 unspecified atom stereocenters. The normalized spacial score (nSPS) is 10.6. The van der Waals surface area contributed by atoms with E-state index in [4.69, 9.17) is 4.74 Å². The molecule has 4 nitrogen and oxygen atoms in total. The predicted molar refractivity (Wildman–Crippen MR) is 66.7 cm³/mol. The van der Waals surface area contributed by atoms with Crippen LogP contribution in [0.5, 0.6) is 5.75 Å². The van der Waals surface area contributed by atoms with Gasteiger partial charge in [-0.2, -0.15) is 0 Å². The fourth-order valence-electron chi connectivity index (χ4n) is 1.67. The minimum atomic E-state index is -0.262. The van der Waals surface area contributed by atoms with Crippen molar-refractivity contribution in [3.63, 3.8) is 0 Å². The monoisotopic (exact) mass is 249 g/mol. The zero-order valence-corrected chi connectivity index (χ0v) is 10.5. The molecule has 0 radical (unpaired) electrons. The van der Waals surface area contributed by atoms with Crippen molar-refractivity contribution in [2.24, 2.45) is 7.05 Å². The molecule has 18 heavy (non-hydrogen) atoms. The molecular formula is C13H16FN3O. The van der Waals surface area contributed by atoms with Gasteiger partial charge in [0.05, 0.1) is 13.7 Å². The smallest absolute Gasteiger partial charge is 0.131 e. The highest BCUT2D eigenvalue weighted by atomic mass is 19.1. The fraction of sp³-hybridized carbons (Fsp3) is 0.308. The van der Waals surface area contributed by atoms with Crippen molar-refractivity contribution >= 4 is 0 Å². The lowest BCUT2D eigenvalue weighted by atomic mass is 10.2. The molecule has 0 saturated heterocycles. The molecule has 2 aromatic rings. The van der Waals surface area contributed by atoms with Crippen LogP contribution in [-0.4, -0.2) is 16.7 Å². The first-order valence-electron chi connectivity index (χ1n) is 5.70. The number of aromatic nitrogens is 2. The van der Waals surface area contributed by atoms with Crippen LogP contribution < -0.4 is 10.1 Å². The van der Waals surface area contributed by atoms with Crippen LogP contribution in [0.25, 0.3) is 0 Å². The summed E-state index contributed by atoms with van der Waals surface area (Å²) in [6.45, 7) is 1.07. The second kappa shape index (κ2) is 5.64. The summed E-state index contributed by atoms with van der Waals surface area (Å²) < 4.78 is 20.5. The maximum atomic E-state index is 13.6. The molecular weight excluding hydrogens is 233 g/mol. The molecule has 1 aromatic carbocycles. The zero-order valence-electron chi connectivity index (χ0n) is 10.5. The number of hydrogen-bond acceptors (Lipinski definition) is 3. The van der Waals surface area contributed by atoms with Gasteiger partial charge in [-0.1, -0.05) is 6.07 Å². The molecule has 0 aliphatic heterocycles. The van der Waals surface area contributed by atoms with Crippen LogP contribution in [0.1, 0.15) is 11.4 Å². The van der Waals surface area contributed by atoms with Crippen LogP contribution in [-0.2, 0) is 20.1 Å². The van der Waals surface area contributed by atoms with Gasteiger partial charge in [0.1, 0.15) is 17.4 Å². The highest BCUT2D eigenvalue weighted by molar-refractivity contribution is 5.28. The summed E-state index contributed by atoms with van der Waals surface area (Å²) in [6, 6.07) is 4.86. The number of aryl methyl sites for hydroxylation is 1. The second-order valence-corrected chi connectivity index (χ2v) is 4.02. The average Bonchev–Trinajstić information content (AvgIpc) is 2.77. The molecule has 96 valence electrons. The summed E-state index contributed by atoms with van der Waals surface area (Å²) in [6.07, 6.45) is 3.62. The van der Waals surface area contributed by atoms with Gasteiger partial charge in [-0.15, -0.1) is 0 Å². The maximum Gasteiger partial charge on any atom is 0.131 e. The molecule has 1 N–H and O–H groups in total. The summed E-state index contributed by atoms with van der Waals surface area (Å²) in [7, 11) is 3.45. The lowest BCUT2D eigenvalue weighted by Crippen LogP contribution is -2.16. The number of benzene rings is 1. The maximum absolute atomic E-state index is 13.6. The average molecular weight is 249 g/mol. The Hall–Kier alpha value is -1.88.